The molecular weight excluding hydrogens is 870 g/mol. The van der Waals surface area contributed by atoms with Gasteiger partial charge in [0.15, 0.2) is 8.07 Å². The van der Waals surface area contributed by atoms with Gasteiger partial charge in [0.1, 0.15) is 0 Å². The Bertz CT molecular complexity index is 3690. The summed E-state index contributed by atoms with van der Waals surface area (Å²) in [5, 5.41) is 8.19. The Kier molecular flexibility index (Phi) is 8.82. The largest absolute Gasteiger partial charge is 0.311 e. The molecule has 3 aliphatic heterocycles. The van der Waals surface area contributed by atoms with Crippen molar-refractivity contribution < 1.29 is 0 Å². The van der Waals surface area contributed by atoms with Crippen molar-refractivity contribution in [3.05, 3.63) is 231 Å². The molecular formula is C60H38BNS3Si. The summed E-state index contributed by atoms with van der Waals surface area (Å²) in [6.07, 6.45) is 0. The lowest BCUT2D eigenvalue weighted by atomic mass is 9.36. The number of hydrogen-bond donors (Lipinski definition) is 0. The second kappa shape index (κ2) is 15.1. The number of hydrogen-bond acceptors (Lipinski definition) is 4. The number of thiophene rings is 1. The number of fused-ring (bicyclic) bond motifs is 9. The molecule has 308 valence electrons. The highest BCUT2D eigenvalue weighted by Crippen LogP contribution is 2.44. The average Bonchev–Trinajstić information content (AvgIpc) is 3.76. The molecule has 4 heterocycles. The van der Waals surface area contributed by atoms with Gasteiger partial charge in [-0.1, -0.05) is 204 Å². The maximum absolute atomic E-state index is 3.05. The van der Waals surface area contributed by atoms with E-state index >= 15 is 0 Å². The molecule has 3 aliphatic rings. The third-order valence-corrected chi connectivity index (χ3v) is 22.3. The first kappa shape index (κ1) is 38.5. The summed E-state index contributed by atoms with van der Waals surface area (Å²) in [5.74, 6) is 0. The number of nitrogens with zero attached hydrogens (tertiary/aromatic N) is 1. The van der Waals surface area contributed by atoms with Crippen LogP contribution in [0.15, 0.2) is 250 Å². The first-order valence-electron chi connectivity index (χ1n) is 22.6. The molecule has 0 saturated heterocycles. The molecule has 1 aromatic heterocycles. The first-order chi connectivity index (χ1) is 32.7. The zero-order valence-electron chi connectivity index (χ0n) is 35.7. The predicted octanol–water partition coefficient (Wildman–Crippen LogP) is 12.0. The fraction of sp³-hybridized carbons (Fsp3) is 0. The standard InChI is InChI=1S/C60H38BNS3Si/c1-4-15-39(16-5-1)41-28-32-50-58(36-41)66(44-17-6-2-7-18-44,45-19-8-3-9-20-45)59-37-42(40-27-31-47-46-21-10-12-23-52(46)63-57(47)35-40)29-33-51(59)62(50)43-30-34-54-49(38-43)61-48-22-11-13-24-53(48)64-55-25-14-26-56(65-54)60(55)61/h1-38H. The topological polar surface area (TPSA) is 3.24 Å². The highest BCUT2D eigenvalue weighted by molar-refractivity contribution is 8.01. The second-order valence-corrected chi connectivity index (χ2v) is 24.5. The fourth-order valence-corrected chi connectivity index (χ4v) is 19.9. The smallest absolute Gasteiger partial charge is 0.247 e. The van der Waals surface area contributed by atoms with E-state index < -0.39 is 8.07 Å². The summed E-state index contributed by atoms with van der Waals surface area (Å²) in [6, 6.07) is 87.7. The van der Waals surface area contributed by atoms with Gasteiger partial charge in [0.25, 0.3) is 0 Å². The minimum absolute atomic E-state index is 0.155. The first-order valence-corrected chi connectivity index (χ1v) is 27.0. The van der Waals surface area contributed by atoms with Gasteiger partial charge in [-0.25, -0.2) is 0 Å². The summed E-state index contributed by atoms with van der Waals surface area (Å²) in [6.45, 7) is 0.155. The zero-order valence-corrected chi connectivity index (χ0v) is 39.1. The molecule has 11 aromatic rings. The van der Waals surface area contributed by atoms with E-state index in [9.17, 15) is 0 Å². The molecule has 6 heteroatoms. The van der Waals surface area contributed by atoms with E-state index in [1.807, 2.05) is 34.9 Å². The van der Waals surface area contributed by atoms with Crippen molar-refractivity contribution in [2.75, 3.05) is 4.90 Å². The Morgan fingerprint density at radius 3 is 1.62 bits per heavy atom. The van der Waals surface area contributed by atoms with Crippen LogP contribution in [0.5, 0.6) is 0 Å². The summed E-state index contributed by atoms with van der Waals surface area (Å²) in [4.78, 5) is 8.01. The molecule has 0 aliphatic carbocycles. The minimum Gasteiger partial charge on any atom is -0.311 e. The van der Waals surface area contributed by atoms with Gasteiger partial charge in [-0.3, -0.25) is 0 Å². The summed E-state index contributed by atoms with van der Waals surface area (Å²) >= 11 is 5.73. The Balaban J connectivity index is 1.06. The van der Waals surface area contributed by atoms with Crippen LogP contribution in [0.2, 0.25) is 0 Å². The van der Waals surface area contributed by atoms with Crippen LogP contribution in [-0.2, 0) is 0 Å². The molecule has 0 radical (unpaired) electrons. The Morgan fingerprint density at radius 1 is 0.364 bits per heavy atom. The normalized spacial score (nSPS) is 14.0. The molecule has 0 N–H and O–H groups in total. The lowest BCUT2D eigenvalue weighted by molar-refractivity contribution is 1.27. The molecule has 1 nitrogen and oxygen atoms in total. The van der Waals surface area contributed by atoms with Gasteiger partial charge in [-0.2, -0.15) is 0 Å². The third kappa shape index (κ3) is 5.75. The Hall–Kier alpha value is -6.80. The molecule has 0 atom stereocenters. The van der Waals surface area contributed by atoms with Crippen molar-refractivity contribution in [2.45, 2.75) is 19.6 Å². The van der Waals surface area contributed by atoms with E-state index in [2.05, 4.69) is 235 Å². The molecule has 0 saturated carbocycles. The van der Waals surface area contributed by atoms with Crippen molar-refractivity contribution >= 4 is 124 Å². The highest BCUT2D eigenvalue weighted by atomic mass is 32.2. The predicted molar refractivity (Wildman–Crippen MR) is 288 cm³/mol. The van der Waals surface area contributed by atoms with Gasteiger partial charge in [0.2, 0.25) is 6.71 Å². The molecule has 0 unspecified atom stereocenters. The lowest BCUT2D eigenvalue weighted by Crippen LogP contribution is -2.77. The van der Waals surface area contributed by atoms with Gasteiger partial charge >= 0.3 is 0 Å². The molecule has 14 rings (SSSR count). The SMILES string of the molecule is c1ccc(-c2ccc3c(c2)[Si](c2ccccc2)(c2ccccc2)c2cc(-c4ccc5c(c4)sc4ccccc45)ccc2N3c2ccc3c(c2)B2c4ccccc4Sc4cccc(c42)S3)cc1. The molecule has 0 amide bonds. The van der Waals surface area contributed by atoms with Crippen LogP contribution in [0.4, 0.5) is 17.1 Å². The number of benzene rings is 10. The van der Waals surface area contributed by atoms with Crippen LogP contribution in [0.25, 0.3) is 42.4 Å². The van der Waals surface area contributed by atoms with Crippen molar-refractivity contribution in [1.29, 1.82) is 0 Å². The van der Waals surface area contributed by atoms with Gasteiger partial charge in [0, 0.05) is 56.8 Å². The van der Waals surface area contributed by atoms with E-state index in [4.69, 9.17) is 0 Å². The second-order valence-electron chi connectivity index (χ2n) is 17.5. The van der Waals surface area contributed by atoms with E-state index in [1.165, 1.54) is 116 Å². The van der Waals surface area contributed by atoms with Crippen LogP contribution < -0.4 is 42.0 Å². The van der Waals surface area contributed by atoms with Crippen molar-refractivity contribution in [2.24, 2.45) is 0 Å². The van der Waals surface area contributed by atoms with Crippen LogP contribution in [0.3, 0.4) is 0 Å². The van der Waals surface area contributed by atoms with Crippen LogP contribution >= 0.6 is 34.9 Å². The monoisotopic (exact) mass is 907 g/mol. The van der Waals surface area contributed by atoms with Gasteiger partial charge in [-0.05, 0) is 109 Å². The molecule has 66 heavy (non-hydrogen) atoms. The summed E-state index contributed by atoms with van der Waals surface area (Å²) in [5.41, 5.74) is 12.8. The number of anilines is 3. The maximum Gasteiger partial charge on any atom is 0.247 e. The van der Waals surface area contributed by atoms with E-state index in [1.54, 1.807) is 0 Å². The highest BCUT2D eigenvalue weighted by Gasteiger charge is 2.49. The van der Waals surface area contributed by atoms with Crippen molar-refractivity contribution in [3.8, 4) is 22.3 Å². The van der Waals surface area contributed by atoms with Crippen molar-refractivity contribution in [1.82, 2.24) is 0 Å². The lowest BCUT2D eigenvalue weighted by Gasteiger charge is -2.45. The molecule has 0 spiro atoms. The van der Waals surface area contributed by atoms with Gasteiger partial charge in [-0.15, -0.1) is 11.3 Å². The van der Waals surface area contributed by atoms with Crippen LogP contribution in [0.1, 0.15) is 0 Å². The van der Waals surface area contributed by atoms with Crippen LogP contribution in [0, 0.1) is 0 Å². The minimum atomic E-state index is -3.05. The van der Waals surface area contributed by atoms with E-state index in [0.717, 1.165) is 0 Å². The fourth-order valence-electron chi connectivity index (χ4n) is 11.2. The zero-order chi connectivity index (χ0) is 43.3. The van der Waals surface area contributed by atoms with Crippen molar-refractivity contribution in [3.63, 3.8) is 0 Å². The van der Waals surface area contributed by atoms with Crippen LogP contribution in [-0.4, -0.2) is 14.8 Å². The van der Waals surface area contributed by atoms with Gasteiger partial charge < -0.3 is 4.90 Å². The molecule has 0 bridgehead atoms. The van der Waals surface area contributed by atoms with Gasteiger partial charge in [0.05, 0.1) is 0 Å². The van der Waals surface area contributed by atoms with E-state index in [0.29, 0.717) is 0 Å². The summed E-state index contributed by atoms with van der Waals surface area (Å²) in [7, 11) is -3.05. The third-order valence-electron chi connectivity index (χ3n) is 14.1. The molecule has 10 aromatic carbocycles. The summed E-state index contributed by atoms with van der Waals surface area (Å²) < 4.78 is 2.65. The quantitative estimate of drug-likeness (QED) is 0.158. The Labute approximate surface area is 398 Å². The number of rotatable bonds is 5. The Morgan fingerprint density at radius 2 is 0.909 bits per heavy atom. The molecule has 0 fully saturated rings. The average molecular weight is 908 g/mol. The maximum atomic E-state index is 2.60. The van der Waals surface area contributed by atoms with E-state index in [-0.39, 0.29) is 6.71 Å².